The van der Waals surface area contributed by atoms with E-state index in [2.05, 4.69) is 37.5 Å². The zero-order chi connectivity index (χ0) is 32.2. The third-order valence-corrected chi connectivity index (χ3v) is 10.7. The first kappa shape index (κ1) is 32.8. The van der Waals surface area contributed by atoms with Crippen LogP contribution >= 0.6 is 11.3 Å². The van der Waals surface area contributed by atoms with Crippen molar-refractivity contribution in [3.63, 3.8) is 0 Å². The normalized spacial score (nSPS) is 18.0. The Hall–Kier alpha value is -3.60. The minimum atomic E-state index is -4.15. The highest BCUT2D eigenvalue weighted by Crippen LogP contribution is 2.43. The molecule has 1 aliphatic rings. The van der Waals surface area contributed by atoms with E-state index in [-0.39, 0.29) is 29.7 Å². The van der Waals surface area contributed by atoms with Crippen molar-refractivity contribution in [2.75, 3.05) is 17.6 Å². The summed E-state index contributed by atoms with van der Waals surface area (Å²) < 4.78 is 31.9. The smallest absolute Gasteiger partial charge is 0.266 e. The number of benzene rings is 3. The van der Waals surface area contributed by atoms with Crippen LogP contribution in [0.2, 0.25) is 0 Å². The van der Waals surface area contributed by atoms with Crippen LogP contribution in [-0.4, -0.2) is 42.1 Å². The molecule has 0 spiro atoms. The topological polar surface area (TPSA) is 125 Å². The molecule has 238 valence electrons. The lowest BCUT2D eigenvalue weighted by Crippen LogP contribution is -2.35. The Kier molecular flexibility index (Phi) is 10.1. The van der Waals surface area contributed by atoms with Crippen molar-refractivity contribution in [3.8, 4) is 10.6 Å². The largest absolute Gasteiger partial charge is 0.351 e. The fraction of sp³-hybridized carbons (Fsp3) is 0.400. The average Bonchev–Trinajstić information content (AvgIpc) is 3.44. The molecule has 3 N–H and O–H groups in total. The molecule has 2 amide bonds. The first-order valence-corrected chi connectivity index (χ1v) is 17.9. The Bertz CT molecular complexity index is 1700. The van der Waals surface area contributed by atoms with Crippen molar-refractivity contribution >= 4 is 49.2 Å². The van der Waals surface area contributed by atoms with Gasteiger partial charge in [-0.2, -0.15) is 8.42 Å². The van der Waals surface area contributed by atoms with Gasteiger partial charge in [-0.1, -0.05) is 45.0 Å². The molecule has 5 rings (SSSR count). The molecular formula is C35H41N3O5S2. The lowest BCUT2D eigenvalue weighted by atomic mass is 9.66. The maximum atomic E-state index is 13.9. The summed E-state index contributed by atoms with van der Waals surface area (Å²) in [7, 11) is -4.15. The van der Waals surface area contributed by atoms with Gasteiger partial charge in [-0.25, -0.2) is 4.98 Å². The van der Waals surface area contributed by atoms with Crippen LogP contribution in [0.15, 0.2) is 72.8 Å². The lowest BCUT2D eigenvalue weighted by Gasteiger charge is -2.39. The van der Waals surface area contributed by atoms with Crippen molar-refractivity contribution in [3.05, 3.63) is 83.9 Å². The zero-order valence-corrected chi connectivity index (χ0v) is 27.6. The molecule has 8 nitrogen and oxygen atoms in total. The molecular weight excluding hydrogens is 607 g/mol. The maximum Gasteiger partial charge on any atom is 0.266 e. The molecule has 1 saturated carbocycles. The second kappa shape index (κ2) is 13.8. The molecule has 1 atom stereocenters. The predicted molar refractivity (Wildman–Crippen MR) is 181 cm³/mol. The van der Waals surface area contributed by atoms with Crippen molar-refractivity contribution in [1.29, 1.82) is 0 Å². The molecule has 0 bridgehead atoms. The lowest BCUT2D eigenvalue weighted by molar-refractivity contribution is -0.122. The van der Waals surface area contributed by atoms with Crippen LogP contribution in [0.4, 0.5) is 5.69 Å². The first-order chi connectivity index (χ1) is 21.4. The van der Waals surface area contributed by atoms with Gasteiger partial charge in [0.1, 0.15) is 5.01 Å². The Morgan fingerprint density at radius 3 is 2.24 bits per heavy atom. The fourth-order valence-corrected chi connectivity index (χ4v) is 7.56. The fourth-order valence-electron chi connectivity index (χ4n) is 6.23. The highest BCUT2D eigenvalue weighted by molar-refractivity contribution is 7.85. The van der Waals surface area contributed by atoms with E-state index in [0.717, 1.165) is 57.7 Å². The summed E-state index contributed by atoms with van der Waals surface area (Å²) in [5.41, 5.74) is 4.31. The maximum absolute atomic E-state index is 13.9. The van der Waals surface area contributed by atoms with Gasteiger partial charge in [0, 0.05) is 29.3 Å². The van der Waals surface area contributed by atoms with Gasteiger partial charge in [0.2, 0.25) is 5.91 Å². The third-order valence-electron chi connectivity index (χ3n) is 8.91. The number of hydrogen-bond donors (Lipinski definition) is 3. The summed E-state index contributed by atoms with van der Waals surface area (Å²) in [5, 5.41) is 6.63. The van der Waals surface area contributed by atoms with E-state index in [1.54, 1.807) is 23.5 Å². The van der Waals surface area contributed by atoms with Gasteiger partial charge in [-0.3, -0.25) is 14.1 Å². The summed E-state index contributed by atoms with van der Waals surface area (Å²) in [6.45, 7) is 6.70. The molecule has 1 aliphatic carbocycles. The summed E-state index contributed by atoms with van der Waals surface area (Å²) in [6.07, 6.45) is 4.72. The number of thiazole rings is 1. The summed E-state index contributed by atoms with van der Waals surface area (Å²) >= 11 is 1.65. The number of nitrogens with one attached hydrogen (secondary N) is 2. The van der Waals surface area contributed by atoms with E-state index < -0.39 is 21.8 Å². The Morgan fingerprint density at radius 1 is 0.956 bits per heavy atom. The number of amides is 2. The van der Waals surface area contributed by atoms with Crippen LogP contribution in [-0.2, 0) is 21.3 Å². The molecule has 1 unspecified atom stereocenters. The number of nitrogens with zero attached hydrogens (tertiary/aromatic N) is 1. The molecule has 1 fully saturated rings. The number of carbonyl (C=O) groups is 2. The van der Waals surface area contributed by atoms with Crippen LogP contribution in [0.3, 0.4) is 0 Å². The van der Waals surface area contributed by atoms with Gasteiger partial charge < -0.3 is 10.6 Å². The highest BCUT2D eigenvalue weighted by atomic mass is 32.2. The van der Waals surface area contributed by atoms with Crippen LogP contribution < -0.4 is 10.6 Å². The van der Waals surface area contributed by atoms with E-state index >= 15 is 0 Å². The molecule has 4 aromatic rings. The predicted octanol–water partition coefficient (Wildman–Crippen LogP) is 7.23. The van der Waals surface area contributed by atoms with Crippen molar-refractivity contribution < 1.29 is 22.6 Å². The van der Waals surface area contributed by atoms with Crippen LogP contribution in [0.5, 0.6) is 0 Å². The number of aromatic nitrogens is 1. The second-order valence-electron chi connectivity index (χ2n) is 13.1. The zero-order valence-electron chi connectivity index (χ0n) is 26.0. The molecule has 0 saturated heterocycles. The van der Waals surface area contributed by atoms with Gasteiger partial charge >= 0.3 is 0 Å². The number of hydrogen-bond acceptors (Lipinski definition) is 6. The SMILES string of the molecule is CC(C)(C)[C@H]1CC[C@H](C(Cc2ccc(C(=O)NCCS(=O)(=O)O)cc2)C(=O)Nc2ccc(-c3nc4ccccc4s3)cc2)CC1. The van der Waals surface area contributed by atoms with Gasteiger partial charge in [-0.05, 0) is 103 Å². The quantitative estimate of drug-likeness (QED) is 0.156. The highest BCUT2D eigenvalue weighted by Gasteiger charge is 2.35. The van der Waals surface area contributed by atoms with Crippen molar-refractivity contribution in [2.24, 2.45) is 23.2 Å². The van der Waals surface area contributed by atoms with E-state index in [0.29, 0.717) is 17.9 Å². The Labute approximate surface area is 269 Å². The number of rotatable bonds is 10. The van der Waals surface area contributed by atoms with Crippen molar-refractivity contribution in [1.82, 2.24) is 10.3 Å². The number of fused-ring (bicyclic) bond motifs is 1. The van der Waals surface area contributed by atoms with E-state index in [1.165, 1.54) is 0 Å². The minimum absolute atomic E-state index is 0.00558. The van der Waals surface area contributed by atoms with Gasteiger partial charge in [-0.15, -0.1) is 11.3 Å². The monoisotopic (exact) mass is 647 g/mol. The molecule has 1 heterocycles. The Balaban J connectivity index is 1.28. The molecule has 10 heteroatoms. The third kappa shape index (κ3) is 8.77. The van der Waals surface area contributed by atoms with Crippen LogP contribution in [0.1, 0.15) is 62.4 Å². The number of carbonyl (C=O) groups excluding carboxylic acids is 2. The standard InChI is InChI=1S/C35H41N3O5S2/c1-35(2,3)27-16-12-24(13-17-27)29(22-23-8-10-25(11-9-23)32(39)36-20-21-45(41,42)43)33(40)37-28-18-14-26(15-19-28)34-38-30-6-4-5-7-31(30)44-34/h4-11,14-15,18-19,24,27,29H,12-13,16-17,20-22H2,1-3H3,(H,36,39)(H,37,40)(H,41,42,43)/t24-,27-,29?. The van der Waals surface area contributed by atoms with Crippen LogP contribution in [0, 0.1) is 23.2 Å². The summed E-state index contributed by atoms with van der Waals surface area (Å²) in [6, 6.07) is 23.0. The van der Waals surface area contributed by atoms with Gasteiger partial charge in [0.05, 0.1) is 16.0 Å². The molecule has 1 aromatic heterocycles. The summed E-state index contributed by atoms with van der Waals surface area (Å²) in [5.74, 6) is -0.330. The van der Waals surface area contributed by atoms with Crippen molar-refractivity contribution in [2.45, 2.75) is 52.9 Å². The average molecular weight is 648 g/mol. The molecule has 0 aliphatic heterocycles. The second-order valence-corrected chi connectivity index (χ2v) is 15.7. The number of para-hydroxylation sites is 1. The minimum Gasteiger partial charge on any atom is -0.351 e. The van der Waals surface area contributed by atoms with E-state index in [9.17, 15) is 18.0 Å². The molecule has 45 heavy (non-hydrogen) atoms. The Morgan fingerprint density at radius 2 is 1.62 bits per heavy atom. The van der Waals surface area contributed by atoms with E-state index in [1.807, 2.05) is 54.6 Å². The van der Waals surface area contributed by atoms with E-state index in [4.69, 9.17) is 9.54 Å². The summed E-state index contributed by atoms with van der Waals surface area (Å²) in [4.78, 5) is 31.1. The molecule has 0 radical (unpaired) electrons. The van der Waals surface area contributed by atoms with Gasteiger partial charge in [0.25, 0.3) is 16.0 Å². The van der Waals surface area contributed by atoms with Gasteiger partial charge in [0.15, 0.2) is 0 Å². The molecule has 3 aromatic carbocycles. The van der Waals surface area contributed by atoms with Crippen LogP contribution in [0.25, 0.3) is 20.8 Å². The number of anilines is 1. The first-order valence-electron chi connectivity index (χ1n) is 15.4.